The zero-order valence-electron chi connectivity index (χ0n) is 7.66. The monoisotopic (exact) mass is 326 g/mol. The summed E-state index contributed by atoms with van der Waals surface area (Å²) in [6.07, 6.45) is 0. The van der Waals surface area contributed by atoms with Crippen molar-refractivity contribution in [2.75, 3.05) is 0 Å². The van der Waals surface area contributed by atoms with Crippen LogP contribution in [-0.4, -0.2) is 54.0 Å². The minimum absolute atomic E-state index is 0. The van der Waals surface area contributed by atoms with Gasteiger partial charge in [-0.3, -0.25) is 0 Å². The van der Waals surface area contributed by atoms with Crippen LogP contribution in [0, 0.1) is 30.6 Å². The van der Waals surface area contributed by atoms with Crippen molar-refractivity contribution in [2.45, 2.75) is 0 Å². The van der Waals surface area contributed by atoms with Crippen LogP contribution in [0.3, 0.4) is 0 Å². The molecule has 0 atom stereocenters. The first-order chi connectivity index (χ1) is 3.46. The molecule has 16 nitrogen and oxygen atoms in total. The van der Waals surface area contributed by atoms with Gasteiger partial charge in [-0.15, -0.1) is 0 Å². The molecule has 0 aromatic carbocycles. The quantitative estimate of drug-likeness (QED) is 0.236. The number of nitrogens with zero attached hydrogens (tertiary/aromatic N) is 2. The molecule has 16 N–H and O–H groups in total. The summed E-state index contributed by atoms with van der Waals surface area (Å²) in [5, 5.41) is 29.5. The van der Waals surface area contributed by atoms with Crippen LogP contribution < -0.4 is 0 Å². The molecule has 0 spiro atoms. The Bertz CT molecular complexity index is 72.2. The zero-order chi connectivity index (χ0) is 7.15. The Hall–Kier alpha value is -1.43. The maximum absolute atomic E-state index is 8.25. The molecule has 0 saturated carbocycles. The fourth-order valence-corrected chi connectivity index (χ4v) is 0. The first-order valence-electron chi connectivity index (χ1n) is 1.10. The molecule has 0 aromatic rings. The molecule has 0 aliphatic heterocycles. The average molecular weight is 327 g/mol. The molecule has 0 aliphatic carbocycles. The van der Waals surface area contributed by atoms with Crippen molar-refractivity contribution in [1.82, 2.24) is 0 Å². The summed E-state index contributed by atoms with van der Waals surface area (Å²) in [6, 6.07) is 0. The van der Waals surface area contributed by atoms with Crippen molar-refractivity contribution in [2.24, 2.45) is 0 Å². The standard InChI is InChI=1S/2NO3.Ni.8H2O/c2*2-1(3)4;;;;;;;;;/h;;;8*1H2/q2*-1;+2;;;;;;;;. The van der Waals surface area contributed by atoms with Gasteiger partial charge in [0.05, 0.1) is 10.2 Å². The fourth-order valence-electron chi connectivity index (χ4n) is 0. The molecule has 0 radical (unpaired) electrons. The number of hydrogen-bond acceptors (Lipinski definition) is 6. The Labute approximate surface area is 102 Å². The van der Waals surface area contributed by atoms with E-state index in [4.69, 9.17) is 30.6 Å². The van der Waals surface area contributed by atoms with Gasteiger partial charge in [-0.25, -0.2) is 0 Å². The van der Waals surface area contributed by atoms with Crippen molar-refractivity contribution in [1.29, 1.82) is 0 Å². The molecule has 0 aromatic heterocycles. The van der Waals surface area contributed by atoms with Crippen LogP contribution in [0.25, 0.3) is 0 Å². The number of rotatable bonds is 0. The van der Waals surface area contributed by atoms with E-state index >= 15 is 0 Å². The smallest absolute Gasteiger partial charge is 0.412 e. The van der Waals surface area contributed by atoms with E-state index in [-0.39, 0.29) is 60.3 Å². The predicted octanol–water partition coefficient (Wildman–Crippen LogP) is -7.08. The first-order valence-corrected chi connectivity index (χ1v) is 1.10. The van der Waals surface area contributed by atoms with Crippen LogP contribution in [0.5, 0.6) is 0 Å². The van der Waals surface area contributed by atoms with Crippen molar-refractivity contribution >= 4 is 0 Å². The van der Waals surface area contributed by atoms with E-state index in [1.54, 1.807) is 0 Å². The van der Waals surface area contributed by atoms with Gasteiger partial charge in [0.15, 0.2) is 0 Å². The van der Waals surface area contributed by atoms with E-state index in [0.717, 1.165) is 0 Å². The minimum Gasteiger partial charge on any atom is -0.412 e. The molecule has 0 saturated heterocycles. The van der Waals surface area contributed by atoms with Crippen molar-refractivity contribution in [3.05, 3.63) is 30.6 Å². The predicted molar refractivity (Wildman–Crippen MR) is 49.6 cm³/mol. The third-order valence-electron chi connectivity index (χ3n) is 0. The molecule has 17 heteroatoms. The van der Waals surface area contributed by atoms with Gasteiger partial charge in [0.1, 0.15) is 0 Å². The molecular formula is H16N2NiO14. The maximum Gasteiger partial charge on any atom is 2.00 e. The minimum atomic E-state index is -1.75. The summed E-state index contributed by atoms with van der Waals surface area (Å²) in [6.45, 7) is 0. The molecule has 0 bridgehead atoms. The second-order valence-electron chi connectivity index (χ2n) is 0.447. The molecule has 120 valence electrons. The van der Waals surface area contributed by atoms with Gasteiger partial charge < -0.3 is 74.5 Å². The van der Waals surface area contributed by atoms with E-state index in [1.807, 2.05) is 0 Å². The molecular weight excluding hydrogens is 311 g/mol. The third kappa shape index (κ3) is 1130. The van der Waals surface area contributed by atoms with Gasteiger partial charge in [0.2, 0.25) is 0 Å². The maximum atomic E-state index is 8.25. The molecule has 0 fully saturated rings. The summed E-state index contributed by atoms with van der Waals surface area (Å²) >= 11 is 0. The summed E-state index contributed by atoms with van der Waals surface area (Å²) in [5.41, 5.74) is 0. The SMILES string of the molecule is O.O.O.O.O.O.O.O.O=[N+]([O-])[O-].O=[N+]([O-])[O-].[Ni+2]. The van der Waals surface area contributed by atoms with Gasteiger partial charge in [-0.05, 0) is 0 Å². The summed E-state index contributed by atoms with van der Waals surface area (Å²) in [5.74, 6) is 0. The Morgan fingerprint density at radius 2 is 0.471 bits per heavy atom. The van der Waals surface area contributed by atoms with Crippen molar-refractivity contribution in [3.63, 3.8) is 0 Å². The Kier molecular flexibility index (Phi) is 1190. The molecule has 0 heterocycles. The van der Waals surface area contributed by atoms with E-state index < -0.39 is 10.2 Å². The summed E-state index contributed by atoms with van der Waals surface area (Å²) in [4.78, 5) is 16.5. The Balaban J connectivity index is -0.00000000308. The average Bonchev–Trinajstić information content (AvgIpc) is 1.25. The van der Waals surface area contributed by atoms with E-state index in [2.05, 4.69) is 0 Å². The van der Waals surface area contributed by atoms with Crippen LogP contribution >= 0.6 is 0 Å². The van der Waals surface area contributed by atoms with Crippen LogP contribution in [0.2, 0.25) is 0 Å². The fraction of sp³-hybridized carbons (Fsp3) is 0. The van der Waals surface area contributed by atoms with Crippen molar-refractivity contribution < 1.29 is 70.5 Å². The second kappa shape index (κ2) is 128. The molecule has 0 amide bonds. The van der Waals surface area contributed by atoms with Crippen LogP contribution in [-0.2, 0) is 16.5 Å². The molecule has 17 heavy (non-hydrogen) atoms. The van der Waals surface area contributed by atoms with Gasteiger partial charge in [0, 0.05) is 0 Å². The molecule has 0 rings (SSSR count). The zero-order valence-corrected chi connectivity index (χ0v) is 8.65. The Morgan fingerprint density at radius 3 is 0.471 bits per heavy atom. The molecule has 0 aliphatic rings. The van der Waals surface area contributed by atoms with Crippen LogP contribution in [0.1, 0.15) is 0 Å². The van der Waals surface area contributed by atoms with Gasteiger partial charge in [0.25, 0.3) is 0 Å². The van der Waals surface area contributed by atoms with E-state index in [1.165, 1.54) is 0 Å². The van der Waals surface area contributed by atoms with Gasteiger partial charge in [-0.1, -0.05) is 0 Å². The van der Waals surface area contributed by atoms with E-state index in [0.29, 0.717) is 0 Å². The van der Waals surface area contributed by atoms with E-state index in [9.17, 15) is 0 Å². The largest absolute Gasteiger partial charge is 2.00 e. The first kappa shape index (κ1) is 158. The van der Waals surface area contributed by atoms with Gasteiger partial charge in [-0.2, -0.15) is 0 Å². The summed E-state index contributed by atoms with van der Waals surface area (Å²) < 4.78 is 0. The summed E-state index contributed by atoms with van der Waals surface area (Å²) in [7, 11) is 0. The Morgan fingerprint density at radius 1 is 0.471 bits per heavy atom. The topological polar surface area (TPSA) is 384 Å². The third-order valence-corrected chi connectivity index (χ3v) is 0. The van der Waals surface area contributed by atoms with Crippen LogP contribution in [0.4, 0.5) is 0 Å². The normalized spacial score (nSPS) is 2.82. The van der Waals surface area contributed by atoms with Crippen LogP contribution in [0.15, 0.2) is 0 Å². The second-order valence-corrected chi connectivity index (χ2v) is 0.447. The van der Waals surface area contributed by atoms with Crippen molar-refractivity contribution in [3.8, 4) is 0 Å². The van der Waals surface area contributed by atoms with Gasteiger partial charge >= 0.3 is 16.5 Å². The molecule has 0 unspecified atom stereocenters. The number of hydrogen-bond donors (Lipinski definition) is 0.